The van der Waals surface area contributed by atoms with Crippen molar-refractivity contribution in [1.82, 2.24) is 4.98 Å². The van der Waals surface area contributed by atoms with Crippen molar-refractivity contribution >= 4 is 38.3 Å². The molecule has 6 heteroatoms. The molecule has 0 aliphatic rings. The number of aromatic amines is 1. The molecule has 21 heavy (non-hydrogen) atoms. The number of carbonyl (C=O) groups excluding carboxylic acids is 1. The molecule has 106 valence electrons. The van der Waals surface area contributed by atoms with Gasteiger partial charge in [0, 0.05) is 27.1 Å². The van der Waals surface area contributed by atoms with E-state index in [2.05, 4.69) is 20.9 Å². The lowest BCUT2D eigenvalue weighted by Crippen LogP contribution is -2.09. The summed E-state index contributed by atoms with van der Waals surface area (Å²) in [7, 11) is 0. The lowest BCUT2D eigenvalue weighted by Gasteiger charge is -2.05. The maximum Gasteiger partial charge on any atom is 0.201 e. The fourth-order valence-electron chi connectivity index (χ4n) is 2.20. The summed E-state index contributed by atoms with van der Waals surface area (Å²) < 4.78 is 28.6. The van der Waals surface area contributed by atoms with Crippen molar-refractivity contribution in [1.29, 1.82) is 0 Å². The van der Waals surface area contributed by atoms with E-state index in [1.807, 2.05) is 0 Å². The first-order valence-electron chi connectivity index (χ1n) is 6.04. The average molecular weight is 351 g/mol. The highest BCUT2D eigenvalue weighted by atomic mass is 79.9. The monoisotopic (exact) mass is 350 g/mol. The number of nitrogens with one attached hydrogen (secondary N) is 1. The van der Waals surface area contributed by atoms with Gasteiger partial charge in [0.15, 0.2) is 5.82 Å². The molecule has 3 N–H and O–H groups in total. The van der Waals surface area contributed by atoms with E-state index >= 15 is 0 Å². The van der Waals surface area contributed by atoms with E-state index in [9.17, 15) is 13.6 Å². The van der Waals surface area contributed by atoms with Crippen LogP contribution in [-0.2, 0) is 0 Å². The van der Waals surface area contributed by atoms with Gasteiger partial charge < -0.3 is 10.7 Å². The molecule has 3 nitrogen and oxygen atoms in total. The zero-order valence-corrected chi connectivity index (χ0v) is 12.2. The minimum atomic E-state index is -1.04. The highest BCUT2D eigenvalue weighted by Gasteiger charge is 2.23. The van der Waals surface area contributed by atoms with Gasteiger partial charge in [-0.1, -0.05) is 22.0 Å². The summed E-state index contributed by atoms with van der Waals surface area (Å²) in [5.41, 5.74) is 5.39. The number of hydrogen-bond acceptors (Lipinski definition) is 2. The number of hydrogen-bond donors (Lipinski definition) is 2. The van der Waals surface area contributed by atoms with Gasteiger partial charge in [0.1, 0.15) is 5.82 Å². The smallest absolute Gasteiger partial charge is 0.201 e. The number of carbonyl (C=O) groups is 1. The van der Waals surface area contributed by atoms with Crippen molar-refractivity contribution in [3.05, 3.63) is 63.8 Å². The van der Waals surface area contributed by atoms with Crippen LogP contribution < -0.4 is 5.73 Å². The number of H-pyrrole nitrogens is 1. The fourth-order valence-corrected chi connectivity index (χ4v) is 2.56. The third kappa shape index (κ3) is 2.21. The number of halogens is 3. The number of ketones is 1. The molecule has 0 aliphatic heterocycles. The Morgan fingerprint density at radius 2 is 1.95 bits per heavy atom. The lowest BCUT2D eigenvalue weighted by atomic mass is 10.0. The number of rotatable bonds is 2. The molecule has 3 rings (SSSR count). The Bertz CT molecular complexity index is 873. The maximum absolute atomic E-state index is 14.0. The highest BCUT2D eigenvalue weighted by molar-refractivity contribution is 9.10. The summed E-state index contributed by atoms with van der Waals surface area (Å²) in [4.78, 5) is 15.3. The zero-order chi connectivity index (χ0) is 15.1. The summed E-state index contributed by atoms with van der Waals surface area (Å²) in [6.07, 6.45) is 1.43. The van der Waals surface area contributed by atoms with Crippen LogP contribution in [0.25, 0.3) is 10.9 Å². The van der Waals surface area contributed by atoms with Crippen LogP contribution in [0, 0.1) is 11.6 Å². The van der Waals surface area contributed by atoms with Crippen molar-refractivity contribution in [3.63, 3.8) is 0 Å². The Hall–Kier alpha value is -2.21. The first-order chi connectivity index (χ1) is 9.99. The predicted octanol–water partition coefficient (Wildman–Crippen LogP) is 4.02. The van der Waals surface area contributed by atoms with Gasteiger partial charge in [-0.15, -0.1) is 0 Å². The van der Waals surface area contributed by atoms with Gasteiger partial charge in [-0.05, 0) is 24.3 Å². The Kier molecular flexibility index (Phi) is 3.25. The summed E-state index contributed by atoms with van der Waals surface area (Å²) >= 11 is 3.31. The van der Waals surface area contributed by atoms with E-state index in [1.54, 1.807) is 18.2 Å². The Morgan fingerprint density at radius 3 is 2.71 bits per heavy atom. The molecule has 0 aliphatic carbocycles. The molecule has 0 saturated heterocycles. The SMILES string of the molecule is Nc1ccc(F)c(C(=O)c2c[nH]c3cc(Br)ccc23)c1F. The van der Waals surface area contributed by atoms with Crippen LogP contribution in [0.15, 0.2) is 41.0 Å². The Balaban J connectivity index is 2.20. The van der Waals surface area contributed by atoms with E-state index in [0.717, 1.165) is 16.6 Å². The number of nitrogen functional groups attached to an aromatic ring is 1. The van der Waals surface area contributed by atoms with Gasteiger partial charge >= 0.3 is 0 Å². The van der Waals surface area contributed by atoms with E-state index < -0.39 is 23.0 Å². The molecular formula is C15H9BrF2N2O. The molecule has 0 saturated carbocycles. The van der Waals surface area contributed by atoms with Gasteiger partial charge in [-0.3, -0.25) is 4.79 Å². The molecule has 3 aromatic rings. The number of benzene rings is 2. The molecule has 1 aromatic heterocycles. The van der Waals surface area contributed by atoms with E-state index in [1.165, 1.54) is 6.20 Å². The van der Waals surface area contributed by atoms with Crippen LogP contribution >= 0.6 is 15.9 Å². The van der Waals surface area contributed by atoms with E-state index in [-0.39, 0.29) is 11.3 Å². The predicted molar refractivity (Wildman–Crippen MR) is 80.2 cm³/mol. The van der Waals surface area contributed by atoms with Crippen LogP contribution in [0.3, 0.4) is 0 Å². The Labute approximate surface area is 126 Å². The van der Waals surface area contributed by atoms with Crippen molar-refractivity contribution in [2.45, 2.75) is 0 Å². The van der Waals surface area contributed by atoms with Crippen LogP contribution in [-0.4, -0.2) is 10.8 Å². The fraction of sp³-hybridized carbons (Fsp3) is 0. The van der Waals surface area contributed by atoms with Gasteiger partial charge in [0.2, 0.25) is 5.78 Å². The molecule has 0 amide bonds. The first-order valence-corrected chi connectivity index (χ1v) is 6.83. The van der Waals surface area contributed by atoms with Gasteiger partial charge in [-0.2, -0.15) is 0 Å². The van der Waals surface area contributed by atoms with Gasteiger partial charge in [-0.25, -0.2) is 8.78 Å². The maximum atomic E-state index is 14.0. The number of aromatic nitrogens is 1. The Morgan fingerprint density at radius 1 is 1.19 bits per heavy atom. The second kappa shape index (κ2) is 4.96. The molecule has 0 atom stereocenters. The van der Waals surface area contributed by atoms with Crippen LogP contribution in [0.1, 0.15) is 15.9 Å². The molecule has 0 unspecified atom stereocenters. The van der Waals surface area contributed by atoms with Crippen molar-refractivity contribution in [2.24, 2.45) is 0 Å². The summed E-state index contributed by atoms with van der Waals surface area (Å²) in [5, 5.41) is 0.587. The quantitative estimate of drug-likeness (QED) is 0.541. The summed E-state index contributed by atoms with van der Waals surface area (Å²) in [6, 6.07) is 7.30. The van der Waals surface area contributed by atoms with Crippen LogP contribution in [0.5, 0.6) is 0 Å². The van der Waals surface area contributed by atoms with Gasteiger partial charge in [0.25, 0.3) is 0 Å². The number of fused-ring (bicyclic) bond motifs is 1. The largest absolute Gasteiger partial charge is 0.396 e. The molecule has 1 heterocycles. The minimum Gasteiger partial charge on any atom is -0.396 e. The second-order valence-electron chi connectivity index (χ2n) is 4.55. The summed E-state index contributed by atoms with van der Waals surface area (Å²) in [5.74, 6) is -2.71. The van der Waals surface area contributed by atoms with Crippen LogP contribution in [0.4, 0.5) is 14.5 Å². The normalized spacial score (nSPS) is 11.0. The zero-order valence-electron chi connectivity index (χ0n) is 10.6. The molecule has 0 fully saturated rings. The van der Waals surface area contributed by atoms with Crippen LogP contribution in [0.2, 0.25) is 0 Å². The van der Waals surface area contributed by atoms with Crippen molar-refractivity contribution in [3.8, 4) is 0 Å². The third-order valence-electron chi connectivity index (χ3n) is 3.24. The first kappa shape index (κ1) is 13.8. The molecule has 0 spiro atoms. The average Bonchev–Trinajstić information content (AvgIpc) is 2.86. The lowest BCUT2D eigenvalue weighted by molar-refractivity contribution is 0.103. The van der Waals surface area contributed by atoms with Gasteiger partial charge in [0.05, 0.1) is 11.3 Å². The molecule has 0 radical (unpaired) electrons. The second-order valence-corrected chi connectivity index (χ2v) is 5.46. The standard InChI is InChI=1S/C15H9BrF2N2O/c16-7-1-2-8-9(6-20-12(8)5-7)15(21)13-10(17)3-4-11(19)14(13)18/h1-6,20H,19H2. The van der Waals surface area contributed by atoms with E-state index in [0.29, 0.717) is 10.9 Å². The third-order valence-corrected chi connectivity index (χ3v) is 3.73. The summed E-state index contributed by atoms with van der Waals surface area (Å²) in [6.45, 7) is 0. The molecular weight excluding hydrogens is 342 g/mol. The highest BCUT2D eigenvalue weighted by Crippen LogP contribution is 2.27. The minimum absolute atomic E-state index is 0.195. The molecule has 2 aromatic carbocycles. The van der Waals surface area contributed by atoms with E-state index in [4.69, 9.17) is 5.73 Å². The topological polar surface area (TPSA) is 58.9 Å². The van der Waals surface area contributed by atoms with Crippen molar-refractivity contribution in [2.75, 3.05) is 5.73 Å². The molecule has 0 bridgehead atoms. The van der Waals surface area contributed by atoms with Crippen molar-refractivity contribution < 1.29 is 13.6 Å². The number of anilines is 1. The number of nitrogens with two attached hydrogens (primary N) is 1.